The Balaban J connectivity index is 1.56. The van der Waals surface area contributed by atoms with E-state index in [0.717, 1.165) is 77.4 Å². The Hall–Kier alpha value is -1.34. The summed E-state index contributed by atoms with van der Waals surface area (Å²) in [7, 11) is 0. The van der Waals surface area contributed by atoms with Crippen LogP contribution in [0.15, 0.2) is 4.99 Å². The zero-order valence-corrected chi connectivity index (χ0v) is 20.1. The summed E-state index contributed by atoms with van der Waals surface area (Å²) in [5, 5.41) is 9.94. The van der Waals surface area contributed by atoms with Crippen molar-refractivity contribution in [2.24, 2.45) is 4.99 Å². The van der Waals surface area contributed by atoms with E-state index in [-0.39, 0.29) is 5.91 Å². The first kappa shape index (κ1) is 25.9. The Morgan fingerprint density at radius 1 is 1.00 bits per heavy atom. The Morgan fingerprint density at radius 3 is 2.48 bits per heavy atom. The Bertz CT molecular complexity index is 500. The van der Waals surface area contributed by atoms with Crippen molar-refractivity contribution in [3.05, 3.63) is 0 Å². The summed E-state index contributed by atoms with van der Waals surface area (Å²) < 4.78 is 6.01. The molecular formula is C24H47N5O2. The lowest BCUT2D eigenvalue weighted by atomic mass is 9.98. The third kappa shape index (κ3) is 11.7. The lowest BCUT2D eigenvalue weighted by Crippen LogP contribution is -2.50. The van der Waals surface area contributed by atoms with Gasteiger partial charge in [-0.3, -0.25) is 14.7 Å². The summed E-state index contributed by atoms with van der Waals surface area (Å²) in [4.78, 5) is 18.9. The Morgan fingerprint density at radius 2 is 1.77 bits per heavy atom. The van der Waals surface area contributed by atoms with Gasteiger partial charge in [0, 0.05) is 45.4 Å². The van der Waals surface area contributed by atoms with E-state index in [4.69, 9.17) is 9.73 Å². The van der Waals surface area contributed by atoms with Gasteiger partial charge in [-0.25, -0.2) is 0 Å². The van der Waals surface area contributed by atoms with E-state index in [0.29, 0.717) is 18.7 Å². The fourth-order valence-corrected chi connectivity index (χ4v) is 4.34. The molecule has 1 aliphatic heterocycles. The lowest BCUT2D eigenvalue weighted by Gasteiger charge is -2.32. The number of nitrogens with zero attached hydrogens (tertiary/aromatic N) is 2. The number of nitrogens with one attached hydrogen (secondary N) is 3. The van der Waals surface area contributed by atoms with Gasteiger partial charge in [-0.15, -0.1) is 0 Å². The number of carbonyl (C=O) groups is 1. The molecule has 0 aromatic rings. The van der Waals surface area contributed by atoms with Crippen LogP contribution in [0.3, 0.4) is 0 Å². The van der Waals surface area contributed by atoms with Crippen molar-refractivity contribution in [1.29, 1.82) is 0 Å². The van der Waals surface area contributed by atoms with E-state index in [1.54, 1.807) is 0 Å². The molecule has 0 radical (unpaired) electrons. The summed E-state index contributed by atoms with van der Waals surface area (Å²) >= 11 is 0. The highest BCUT2D eigenvalue weighted by Gasteiger charge is 2.21. The monoisotopic (exact) mass is 437 g/mol. The number of carbonyl (C=O) groups excluding carboxylic acids is 1. The zero-order chi connectivity index (χ0) is 22.2. The molecular weight excluding hydrogens is 390 g/mol. The van der Waals surface area contributed by atoms with Crippen molar-refractivity contribution in [3.8, 4) is 0 Å². The van der Waals surface area contributed by atoms with Crippen LogP contribution in [0.5, 0.6) is 0 Å². The predicted octanol–water partition coefficient (Wildman–Crippen LogP) is 3.05. The van der Waals surface area contributed by atoms with Crippen LogP contribution in [-0.2, 0) is 9.53 Å². The molecule has 2 aliphatic rings. The molecule has 180 valence electrons. The molecule has 31 heavy (non-hydrogen) atoms. The molecule has 0 spiro atoms. The maximum atomic E-state index is 11.9. The maximum Gasteiger partial charge on any atom is 0.234 e. The highest BCUT2D eigenvalue weighted by atomic mass is 16.5. The van der Waals surface area contributed by atoms with Crippen LogP contribution in [0.4, 0.5) is 0 Å². The molecule has 0 unspecified atom stereocenters. The van der Waals surface area contributed by atoms with Crippen molar-refractivity contribution in [2.45, 2.75) is 96.6 Å². The molecule has 3 N–H and O–H groups in total. The van der Waals surface area contributed by atoms with Gasteiger partial charge in [0.1, 0.15) is 0 Å². The summed E-state index contributed by atoms with van der Waals surface area (Å²) in [6.07, 6.45) is 13.6. The van der Waals surface area contributed by atoms with Gasteiger partial charge in [0.2, 0.25) is 5.91 Å². The Labute approximate surface area is 190 Å². The van der Waals surface area contributed by atoms with E-state index in [1.165, 1.54) is 38.5 Å². The number of amides is 1. The highest BCUT2D eigenvalue weighted by molar-refractivity contribution is 5.80. The minimum atomic E-state index is 0.146. The normalized spacial score (nSPS) is 19.4. The number of piperidine rings is 1. The largest absolute Gasteiger partial charge is 0.378 e. The number of ether oxygens (including phenoxy) is 1. The third-order valence-electron chi connectivity index (χ3n) is 6.19. The second-order valence-electron chi connectivity index (χ2n) is 9.00. The van der Waals surface area contributed by atoms with Crippen molar-refractivity contribution >= 4 is 11.9 Å². The zero-order valence-electron chi connectivity index (χ0n) is 20.1. The molecule has 0 atom stereocenters. The SMILES string of the molecule is CCCNC(=O)CN1CCC(NC(=NCCCCCOC2CCCCC2)NCC)CC1. The fraction of sp³-hybridized carbons (Fsp3) is 0.917. The number of aliphatic imine (C=N–C) groups is 1. The van der Waals surface area contributed by atoms with Gasteiger partial charge in [0.15, 0.2) is 5.96 Å². The quantitative estimate of drug-likeness (QED) is 0.234. The predicted molar refractivity (Wildman–Crippen MR) is 129 cm³/mol. The Kier molecular flexibility index (Phi) is 13.6. The number of likely N-dealkylation sites (tertiary alicyclic amines) is 1. The van der Waals surface area contributed by atoms with Gasteiger partial charge in [-0.05, 0) is 58.3 Å². The first-order chi connectivity index (χ1) is 15.2. The molecule has 0 aromatic carbocycles. The first-order valence-electron chi connectivity index (χ1n) is 12.9. The highest BCUT2D eigenvalue weighted by Crippen LogP contribution is 2.20. The molecule has 1 amide bonds. The van der Waals surface area contributed by atoms with Crippen LogP contribution in [0, 0.1) is 0 Å². The van der Waals surface area contributed by atoms with Crippen molar-refractivity contribution in [2.75, 3.05) is 45.9 Å². The van der Waals surface area contributed by atoms with Gasteiger partial charge >= 0.3 is 0 Å². The van der Waals surface area contributed by atoms with Crippen molar-refractivity contribution in [3.63, 3.8) is 0 Å². The van der Waals surface area contributed by atoms with E-state index >= 15 is 0 Å². The van der Waals surface area contributed by atoms with Crippen molar-refractivity contribution in [1.82, 2.24) is 20.9 Å². The second kappa shape index (κ2) is 16.3. The van der Waals surface area contributed by atoms with Gasteiger partial charge in [-0.1, -0.05) is 26.2 Å². The number of rotatable bonds is 13. The molecule has 7 nitrogen and oxygen atoms in total. The van der Waals surface area contributed by atoms with Gasteiger partial charge in [0.05, 0.1) is 12.6 Å². The molecule has 0 aromatic heterocycles. The van der Waals surface area contributed by atoms with Crippen LogP contribution in [0.2, 0.25) is 0 Å². The number of guanidine groups is 1. The van der Waals surface area contributed by atoms with Gasteiger partial charge < -0.3 is 20.7 Å². The molecule has 2 rings (SSSR count). The molecule has 7 heteroatoms. The minimum Gasteiger partial charge on any atom is -0.378 e. The topological polar surface area (TPSA) is 78.0 Å². The fourth-order valence-electron chi connectivity index (χ4n) is 4.34. The first-order valence-corrected chi connectivity index (χ1v) is 12.9. The smallest absolute Gasteiger partial charge is 0.234 e. The number of unbranched alkanes of at least 4 members (excludes halogenated alkanes) is 2. The van der Waals surface area contributed by atoms with E-state index in [2.05, 4.69) is 34.7 Å². The van der Waals surface area contributed by atoms with Crippen LogP contribution in [0.25, 0.3) is 0 Å². The standard InChI is InChI=1S/C24H47N5O2/c1-3-15-26-23(30)20-29-17-13-21(14-18-29)28-24(25-4-2)27-16-9-6-10-19-31-22-11-7-5-8-12-22/h21-22H,3-20H2,1-2H3,(H,26,30)(H2,25,27,28). The molecule has 1 saturated heterocycles. The maximum absolute atomic E-state index is 11.9. The van der Waals surface area contributed by atoms with Crippen molar-refractivity contribution < 1.29 is 9.53 Å². The van der Waals surface area contributed by atoms with E-state index < -0.39 is 0 Å². The molecule has 1 aliphatic carbocycles. The average Bonchev–Trinajstić information content (AvgIpc) is 2.79. The number of hydrogen-bond acceptors (Lipinski definition) is 4. The average molecular weight is 438 g/mol. The summed E-state index contributed by atoms with van der Waals surface area (Å²) in [5.41, 5.74) is 0. The lowest BCUT2D eigenvalue weighted by molar-refractivity contribution is -0.122. The van der Waals surface area contributed by atoms with Crippen LogP contribution < -0.4 is 16.0 Å². The van der Waals surface area contributed by atoms with Crippen LogP contribution in [-0.4, -0.2) is 74.8 Å². The molecule has 2 fully saturated rings. The molecule has 1 saturated carbocycles. The summed E-state index contributed by atoms with van der Waals surface area (Å²) in [6, 6.07) is 0.427. The van der Waals surface area contributed by atoms with Crippen LogP contribution in [0.1, 0.15) is 84.5 Å². The van der Waals surface area contributed by atoms with Crippen LogP contribution >= 0.6 is 0 Å². The minimum absolute atomic E-state index is 0.146. The molecule has 1 heterocycles. The number of hydrogen-bond donors (Lipinski definition) is 3. The third-order valence-corrected chi connectivity index (χ3v) is 6.19. The second-order valence-corrected chi connectivity index (χ2v) is 9.00. The van der Waals surface area contributed by atoms with Gasteiger partial charge in [0.25, 0.3) is 0 Å². The molecule has 0 bridgehead atoms. The summed E-state index contributed by atoms with van der Waals surface area (Å²) in [5.74, 6) is 1.08. The summed E-state index contributed by atoms with van der Waals surface area (Å²) in [6.45, 7) is 10.0. The van der Waals surface area contributed by atoms with Gasteiger partial charge in [-0.2, -0.15) is 0 Å². The van der Waals surface area contributed by atoms with E-state index in [1.807, 2.05) is 0 Å². The van der Waals surface area contributed by atoms with E-state index in [9.17, 15) is 4.79 Å².